The standard InChI is InChI=1S/C21H26N2O3S/c1-2-23(16-17-9-4-3-5-10-17)27(25,26)20-14-8-11-18(15-20)21(24)22-19-12-6-7-13-19/h3-5,8-11,14-15,19H,2,6-7,12-13,16H2,1H3,(H,22,24). The molecular formula is C21H26N2O3S. The highest BCUT2D eigenvalue weighted by Crippen LogP contribution is 2.21. The summed E-state index contributed by atoms with van der Waals surface area (Å²) in [5.74, 6) is -0.204. The van der Waals surface area contributed by atoms with Crippen molar-refractivity contribution in [2.75, 3.05) is 6.54 Å². The summed E-state index contributed by atoms with van der Waals surface area (Å²) in [6.07, 6.45) is 4.24. The van der Waals surface area contributed by atoms with Gasteiger partial charge in [0.1, 0.15) is 0 Å². The van der Waals surface area contributed by atoms with Crippen molar-refractivity contribution in [3.63, 3.8) is 0 Å². The molecule has 0 radical (unpaired) electrons. The molecule has 1 amide bonds. The molecule has 3 rings (SSSR count). The number of carbonyl (C=O) groups is 1. The fraction of sp³-hybridized carbons (Fsp3) is 0.381. The Labute approximate surface area is 161 Å². The SMILES string of the molecule is CCN(Cc1ccccc1)S(=O)(=O)c1cccc(C(=O)NC2CCCC2)c1. The average molecular weight is 387 g/mol. The van der Waals surface area contributed by atoms with E-state index in [0.29, 0.717) is 18.7 Å². The van der Waals surface area contributed by atoms with E-state index in [4.69, 9.17) is 0 Å². The second-order valence-electron chi connectivity index (χ2n) is 6.90. The zero-order chi connectivity index (χ0) is 19.3. The van der Waals surface area contributed by atoms with Gasteiger partial charge in [-0.3, -0.25) is 4.79 Å². The van der Waals surface area contributed by atoms with Crippen LogP contribution in [0.1, 0.15) is 48.5 Å². The summed E-state index contributed by atoms with van der Waals surface area (Å²) < 4.78 is 27.6. The van der Waals surface area contributed by atoms with Gasteiger partial charge in [-0.05, 0) is 36.6 Å². The van der Waals surface area contributed by atoms with Crippen LogP contribution >= 0.6 is 0 Å². The Morgan fingerprint density at radius 1 is 1.07 bits per heavy atom. The van der Waals surface area contributed by atoms with Crippen LogP contribution in [-0.4, -0.2) is 31.2 Å². The van der Waals surface area contributed by atoms with Crippen LogP contribution in [0.4, 0.5) is 0 Å². The molecule has 1 saturated carbocycles. The second kappa shape index (κ2) is 8.67. The van der Waals surface area contributed by atoms with E-state index in [1.807, 2.05) is 37.3 Å². The minimum atomic E-state index is -3.68. The first-order valence-corrected chi connectivity index (χ1v) is 10.9. The number of rotatable bonds is 7. The van der Waals surface area contributed by atoms with Gasteiger partial charge < -0.3 is 5.32 Å². The zero-order valence-corrected chi connectivity index (χ0v) is 16.4. The van der Waals surface area contributed by atoms with E-state index < -0.39 is 10.0 Å². The minimum Gasteiger partial charge on any atom is -0.349 e. The van der Waals surface area contributed by atoms with Crippen molar-refractivity contribution >= 4 is 15.9 Å². The number of sulfonamides is 1. The van der Waals surface area contributed by atoms with Gasteiger partial charge in [-0.25, -0.2) is 8.42 Å². The van der Waals surface area contributed by atoms with Crippen molar-refractivity contribution in [1.29, 1.82) is 0 Å². The smallest absolute Gasteiger partial charge is 0.251 e. The number of nitrogens with zero attached hydrogens (tertiary/aromatic N) is 1. The molecule has 0 bridgehead atoms. The van der Waals surface area contributed by atoms with Gasteiger partial charge in [0.15, 0.2) is 0 Å². The molecular weight excluding hydrogens is 360 g/mol. The number of hydrogen-bond donors (Lipinski definition) is 1. The molecule has 2 aromatic carbocycles. The average Bonchev–Trinajstić information content (AvgIpc) is 3.20. The van der Waals surface area contributed by atoms with Crippen LogP contribution in [-0.2, 0) is 16.6 Å². The van der Waals surface area contributed by atoms with Gasteiger partial charge in [0.05, 0.1) is 4.90 Å². The molecule has 144 valence electrons. The maximum Gasteiger partial charge on any atom is 0.251 e. The van der Waals surface area contributed by atoms with Crippen molar-refractivity contribution in [1.82, 2.24) is 9.62 Å². The van der Waals surface area contributed by atoms with Gasteiger partial charge in [0.2, 0.25) is 10.0 Å². The second-order valence-corrected chi connectivity index (χ2v) is 8.84. The molecule has 0 aliphatic heterocycles. The van der Waals surface area contributed by atoms with E-state index in [9.17, 15) is 13.2 Å². The molecule has 1 N–H and O–H groups in total. The molecule has 0 atom stereocenters. The molecule has 0 saturated heterocycles. The lowest BCUT2D eigenvalue weighted by molar-refractivity contribution is 0.0937. The van der Waals surface area contributed by atoms with Gasteiger partial charge in [-0.15, -0.1) is 0 Å². The molecule has 0 unspecified atom stereocenters. The predicted octanol–water partition coefficient (Wildman–Crippen LogP) is 3.57. The fourth-order valence-electron chi connectivity index (χ4n) is 3.44. The molecule has 1 aliphatic rings. The molecule has 5 nitrogen and oxygen atoms in total. The summed E-state index contributed by atoms with van der Waals surface area (Å²) in [5, 5.41) is 3.01. The number of carbonyl (C=O) groups excluding carboxylic acids is 1. The van der Waals surface area contributed by atoms with Crippen molar-refractivity contribution in [2.45, 2.75) is 50.1 Å². The first kappa shape index (κ1) is 19.6. The van der Waals surface area contributed by atoms with Crippen LogP contribution in [0.15, 0.2) is 59.5 Å². The van der Waals surface area contributed by atoms with Crippen molar-refractivity contribution in [3.8, 4) is 0 Å². The number of hydrogen-bond acceptors (Lipinski definition) is 3. The monoisotopic (exact) mass is 386 g/mol. The molecule has 27 heavy (non-hydrogen) atoms. The van der Waals surface area contributed by atoms with Gasteiger partial charge in [0, 0.05) is 24.7 Å². The highest BCUT2D eigenvalue weighted by molar-refractivity contribution is 7.89. The Morgan fingerprint density at radius 3 is 2.44 bits per heavy atom. The highest BCUT2D eigenvalue weighted by Gasteiger charge is 2.25. The van der Waals surface area contributed by atoms with Gasteiger partial charge in [0.25, 0.3) is 5.91 Å². The Hall–Kier alpha value is -2.18. The van der Waals surface area contributed by atoms with Crippen LogP contribution in [0, 0.1) is 0 Å². The third-order valence-electron chi connectivity index (χ3n) is 4.98. The highest BCUT2D eigenvalue weighted by atomic mass is 32.2. The number of benzene rings is 2. The molecule has 1 fully saturated rings. The van der Waals surface area contributed by atoms with Crippen molar-refractivity contribution < 1.29 is 13.2 Å². The topological polar surface area (TPSA) is 66.5 Å². The molecule has 0 aromatic heterocycles. The van der Waals surface area contributed by atoms with E-state index in [1.165, 1.54) is 10.4 Å². The van der Waals surface area contributed by atoms with Gasteiger partial charge >= 0.3 is 0 Å². The summed E-state index contributed by atoms with van der Waals surface area (Å²) in [6.45, 7) is 2.48. The molecule has 0 heterocycles. The largest absolute Gasteiger partial charge is 0.349 e. The fourth-order valence-corrected chi connectivity index (χ4v) is 4.92. The van der Waals surface area contributed by atoms with E-state index in [0.717, 1.165) is 31.2 Å². The van der Waals surface area contributed by atoms with E-state index in [-0.39, 0.29) is 16.8 Å². The Balaban J connectivity index is 1.79. The Morgan fingerprint density at radius 2 is 1.78 bits per heavy atom. The lowest BCUT2D eigenvalue weighted by atomic mass is 10.2. The third kappa shape index (κ3) is 4.76. The summed E-state index contributed by atoms with van der Waals surface area (Å²) >= 11 is 0. The summed E-state index contributed by atoms with van der Waals surface area (Å²) in [5.41, 5.74) is 1.32. The van der Waals surface area contributed by atoms with E-state index >= 15 is 0 Å². The predicted molar refractivity (Wildman–Crippen MR) is 106 cm³/mol. The molecule has 0 spiro atoms. The minimum absolute atomic E-state index is 0.152. The van der Waals surface area contributed by atoms with Crippen LogP contribution in [0.2, 0.25) is 0 Å². The van der Waals surface area contributed by atoms with Crippen LogP contribution in [0.3, 0.4) is 0 Å². The van der Waals surface area contributed by atoms with Crippen molar-refractivity contribution in [2.24, 2.45) is 0 Å². The maximum absolute atomic E-state index is 13.1. The van der Waals surface area contributed by atoms with Gasteiger partial charge in [-0.1, -0.05) is 56.2 Å². The summed E-state index contributed by atoms with van der Waals surface area (Å²) in [6, 6.07) is 16.0. The number of amides is 1. The lowest BCUT2D eigenvalue weighted by Gasteiger charge is -2.21. The normalized spacial score (nSPS) is 15.2. The Kier molecular flexibility index (Phi) is 6.29. The Bertz CT molecular complexity index is 875. The zero-order valence-electron chi connectivity index (χ0n) is 15.6. The van der Waals surface area contributed by atoms with Gasteiger partial charge in [-0.2, -0.15) is 4.31 Å². The molecule has 6 heteroatoms. The third-order valence-corrected chi connectivity index (χ3v) is 6.90. The number of nitrogens with one attached hydrogen (secondary N) is 1. The molecule has 2 aromatic rings. The summed E-state index contributed by atoms with van der Waals surface area (Å²) in [4.78, 5) is 12.6. The van der Waals surface area contributed by atoms with Crippen LogP contribution in [0.25, 0.3) is 0 Å². The van der Waals surface area contributed by atoms with Crippen LogP contribution in [0.5, 0.6) is 0 Å². The summed E-state index contributed by atoms with van der Waals surface area (Å²) in [7, 11) is -3.68. The van der Waals surface area contributed by atoms with Crippen LogP contribution < -0.4 is 5.32 Å². The van der Waals surface area contributed by atoms with E-state index in [1.54, 1.807) is 18.2 Å². The maximum atomic E-state index is 13.1. The molecule has 1 aliphatic carbocycles. The first-order chi connectivity index (χ1) is 13.0. The first-order valence-electron chi connectivity index (χ1n) is 9.45. The van der Waals surface area contributed by atoms with E-state index in [2.05, 4.69) is 5.32 Å². The quantitative estimate of drug-likeness (QED) is 0.791. The van der Waals surface area contributed by atoms with Crippen molar-refractivity contribution in [3.05, 3.63) is 65.7 Å². The lowest BCUT2D eigenvalue weighted by Crippen LogP contribution is -2.33.